The number of fused-ring (bicyclic) bond motifs is 2. The van der Waals surface area contributed by atoms with Crippen LogP contribution in [0.5, 0.6) is 0 Å². The summed E-state index contributed by atoms with van der Waals surface area (Å²) in [6.45, 7) is 10.4. The Kier molecular flexibility index (Phi) is 6.03. The predicted molar refractivity (Wildman–Crippen MR) is 121 cm³/mol. The van der Waals surface area contributed by atoms with Gasteiger partial charge in [-0.25, -0.2) is 0 Å². The number of hydrogen-bond acceptors (Lipinski definition) is 4. The fourth-order valence-electron chi connectivity index (χ4n) is 5.46. The molecule has 2 aliphatic carbocycles. The van der Waals surface area contributed by atoms with Gasteiger partial charge in [-0.15, -0.1) is 0 Å². The molecule has 4 atom stereocenters. The van der Waals surface area contributed by atoms with E-state index in [0.717, 1.165) is 24.8 Å². The summed E-state index contributed by atoms with van der Waals surface area (Å²) in [5, 5.41) is 7.80. The van der Waals surface area contributed by atoms with Crippen LogP contribution in [0.4, 0.5) is 0 Å². The average Bonchev–Trinajstić information content (AvgIpc) is 3.27. The quantitative estimate of drug-likeness (QED) is 0.561. The van der Waals surface area contributed by atoms with Crippen LogP contribution in [-0.4, -0.2) is 38.4 Å². The van der Waals surface area contributed by atoms with E-state index in [-0.39, 0.29) is 47.1 Å². The second kappa shape index (κ2) is 8.49. The number of allylic oxidation sites excluding steroid dienone is 2. The number of hydrogen-bond donors (Lipinski definition) is 1. The summed E-state index contributed by atoms with van der Waals surface area (Å²) in [6.07, 6.45) is 10.2. The zero-order valence-electron chi connectivity index (χ0n) is 19.9. The molecule has 1 saturated heterocycles. The third-order valence-electron chi connectivity index (χ3n) is 6.99. The molecule has 1 N–H and O–H groups in total. The van der Waals surface area contributed by atoms with Gasteiger partial charge in [0.15, 0.2) is 0 Å². The van der Waals surface area contributed by atoms with Gasteiger partial charge in [0.25, 0.3) is 0 Å². The highest BCUT2D eigenvalue weighted by Crippen LogP contribution is 2.38. The van der Waals surface area contributed by atoms with E-state index in [1.165, 1.54) is 10.6 Å². The first kappa shape index (κ1) is 22.7. The maximum absolute atomic E-state index is 13.5. The molecule has 2 heterocycles. The van der Waals surface area contributed by atoms with Crippen molar-refractivity contribution in [2.75, 3.05) is 0 Å². The van der Waals surface area contributed by atoms with E-state index in [0.29, 0.717) is 19.3 Å². The second-order valence-corrected chi connectivity index (χ2v) is 10.9. The van der Waals surface area contributed by atoms with Crippen LogP contribution in [0.25, 0.3) is 0 Å². The molecule has 0 spiro atoms. The highest BCUT2D eigenvalue weighted by atomic mass is 16.2. The number of carbonyl (C=O) groups excluding carboxylic acids is 3. The SMILES string of the molecule is CC(C)C[C@H](C(=O)N[C@@H]1CCCc2c1cnn2C(C)(C)C)N1C(=O)[C@@H]2CC=CC[C@H]2C1=O. The third-order valence-corrected chi connectivity index (χ3v) is 6.99. The van der Waals surface area contributed by atoms with E-state index in [2.05, 4.69) is 35.9 Å². The Morgan fingerprint density at radius 2 is 1.78 bits per heavy atom. The Morgan fingerprint density at radius 3 is 2.34 bits per heavy atom. The summed E-state index contributed by atoms with van der Waals surface area (Å²) in [5.74, 6) is -1.06. The molecule has 0 radical (unpaired) electrons. The van der Waals surface area contributed by atoms with E-state index in [9.17, 15) is 14.4 Å². The Balaban J connectivity index is 1.58. The van der Waals surface area contributed by atoms with Gasteiger partial charge in [0, 0.05) is 11.3 Å². The van der Waals surface area contributed by atoms with E-state index >= 15 is 0 Å². The molecule has 0 unspecified atom stereocenters. The smallest absolute Gasteiger partial charge is 0.243 e. The van der Waals surface area contributed by atoms with Crippen LogP contribution in [0.3, 0.4) is 0 Å². The Bertz CT molecular complexity index is 913. The van der Waals surface area contributed by atoms with Crippen molar-refractivity contribution in [3.8, 4) is 0 Å². The summed E-state index contributed by atoms with van der Waals surface area (Å²) in [5.41, 5.74) is 2.10. The van der Waals surface area contributed by atoms with Crippen molar-refractivity contribution in [3.05, 3.63) is 29.6 Å². The highest BCUT2D eigenvalue weighted by molar-refractivity contribution is 6.08. The maximum atomic E-state index is 13.5. The molecule has 32 heavy (non-hydrogen) atoms. The van der Waals surface area contributed by atoms with Crippen molar-refractivity contribution in [3.63, 3.8) is 0 Å². The van der Waals surface area contributed by atoms with Crippen LogP contribution in [-0.2, 0) is 26.3 Å². The number of amides is 3. The number of imide groups is 1. The molecule has 7 nitrogen and oxygen atoms in total. The lowest BCUT2D eigenvalue weighted by atomic mass is 9.85. The van der Waals surface area contributed by atoms with Crippen molar-refractivity contribution >= 4 is 17.7 Å². The molecule has 1 fully saturated rings. The number of carbonyl (C=O) groups is 3. The van der Waals surface area contributed by atoms with Gasteiger partial charge in [-0.2, -0.15) is 5.10 Å². The van der Waals surface area contributed by atoms with Gasteiger partial charge in [0.1, 0.15) is 6.04 Å². The minimum absolute atomic E-state index is 0.127. The molecule has 3 aliphatic rings. The van der Waals surface area contributed by atoms with Gasteiger partial charge < -0.3 is 5.32 Å². The zero-order valence-corrected chi connectivity index (χ0v) is 19.9. The summed E-state index contributed by atoms with van der Waals surface area (Å²) in [4.78, 5) is 41.2. The van der Waals surface area contributed by atoms with E-state index in [4.69, 9.17) is 0 Å². The maximum Gasteiger partial charge on any atom is 0.243 e. The van der Waals surface area contributed by atoms with Crippen molar-refractivity contribution in [1.29, 1.82) is 0 Å². The lowest BCUT2D eigenvalue weighted by Gasteiger charge is -2.31. The molecule has 4 rings (SSSR count). The van der Waals surface area contributed by atoms with Gasteiger partial charge in [0.2, 0.25) is 17.7 Å². The van der Waals surface area contributed by atoms with Crippen LogP contribution < -0.4 is 5.32 Å². The summed E-state index contributed by atoms with van der Waals surface area (Å²) < 4.78 is 2.05. The number of likely N-dealkylation sites (tertiary alicyclic amines) is 1. The topological polar surface area (TPSA) is 84.3 Å². The molecule has 1 aromatic rings. The fraction of sp³-hybridized carbons (Fsp3) is 0.680. The lowest BCUT2D eigenvalue weighted by Crippen LogP contribution is -2.51. The Morgan fingerprint density at radius 1 is 1.16 bits per heavy atom. The lowest BCUT2D eigenvalue weighted by molar-refractivity contribution is -0.148. The number of aromatic nitrogens is 2. The summed E-state index contributed by atoms with van der Waals surface area (Å²) in [7, 11) is 0. The van der Waals surface area contributed by atoms with Crippen molar-refractivity contribution in [1.82, 2.24) is 20.0 Å². The molecule has 0 aromatic carbocycles. The van der Waals surface area contributed by atoms with Gasteiger partial charge in [-0.05, 0) is 65.2 Å². The molecule has 0 bridgehead atoms. The zero-order chi connectivity index (χ0) is 23.2. The van der Waals surface area contributed by atoms with Crippen LogP contribution in [0.15, 0.2) is 18.3 Å². The molecule has 3 amide bonds. The first-order valence-corrected chi connectivity index (χ1v) is 12.0. The normalized spacial score (nSPS) is 26.3. The standard InChI is InChI=1S/C25H36N4O3/c1-15(2)13-21(28-23(31)16-9-6-7-10-17(16)24(28)32)22(30)27-19-11-8-12-20-18(19)14-26-29(20)25(3,4)5/h6-7,14-17,19,21H,8-13H2,1-5H3,(H,27,30)/t16-,17-,19-,21-/m1/s1. The van der Waals surface area contributed by atoms with Crippen LogP contribution >= 0.6 is 0 Å². The first-order chi connectivity index (χ1) is 15.1. The minimum Gasteiger partial charge on any atom is -0.347 e. The van der Waals surface area contributed by atoms with Gasteiger partial charge in [0.05, 0.1) is 29.6 Å². The monoisotopic (exact) mass is 440 g/mol. The third kappa shape index (κ3) is 4.02. The van der Waals surface area contributed by atoms with Gasteiger partial charge in [-0.3, -0.25) is 24.0 Å². The molecule has 174 valence electrons. The summed E-state index contributed by atoms with van der Waals surface area (Å²) in [6, 6.07) is -0.905. The van der Waals surface area contributed by atoms with Crippen LogP contribution in [0.1, 0.15) is 84.0 Å². The first-order valence-electron chi connectivity index (χ1n) is 12.0. The number of rotatable bonds is 5. The van der Waals surface area contributed by atoms with E-state index in [1.54, 1.807) is 0 Å². The molecule has 1 aromatic heterocycles. The predicted octanol–water partition coefficient (Wildman–Crippen LogP) is 3.50. The molecular weight excluding hydrogens is 404 g/mol. The van der Waals surface area contributed by atoms with E-state index in [1.807, 2.05) is 32.2 Å². The number of nitrogens with zero attached hydrogens (tertiary/aromatic N) is 3. The van der Waals surface area contributed by atoms with E-state index < -0.39 is 6.04 Å². The largest absolute Gasteiger partial charge is 0.347 e. The van der Waals surface area contributed by atoms with Crippen LogP contribution in [0, 0.1) is 17.8 Å². The fourth-order valence-corrected chi connectivity index (χ4v) is 5.46. The van der Waals surface area contributed by atoms with Gasteiger partial charge in [-0.1, -0.05) is 26.0 Å². The van der Waals surface area contributed by atoms with Crippen LogP contribution in [0.2, 0.25) is 0 Å². The minimum atomic E-state index is -0.761. The number of nitrogens with one attached hydrogen (secondary N) is 1. The van der Waals surface area contributed by atoms with Crippen molar-refractivity contribution in [2.45, 2.75) is 90.8 Å². The van der Waals surface area contributed by atoms with Crippen molar-refractivity contribution < 1.29 is 14.4 Å². The second-order valence-electron chi connectivity index (χ2n) is 10.9. The molecule has 0 saturated carbocycles. The average molecular weight is 441 g/mol. The molecule has 7 heteroatoms. The molecular formula is C25H36N4O3. The molecule has 1 aliphatic heterocycles. The van der Waals surface area contributed by atoms with Gasteiger partial charge >= 0.3 is 0 Å². The Labute approximate surface area is 190 Å². The van der Waals surface area contributed by atoms with Crippen molar-refractivity contribution in [2.24, 2.45) is 17.8 Å². The summed E-state index contributed by atoms with van der Waals surface area (Å²) >= 11 is 0. The highest BCUT2D eigenvalue weighted by Gasteiger charge is 2.51. The Hall–Kier alpha value is -2.44.